The van der Waals surface area contributed by atoms with Crippen molar-refractivity contribution < 1.29 is 20.4 Å². The molecule has 2 rings (SSSR count). The summed E-state index contributed by atoms with van der Waals surface area (Å²) < 4.78 is 0. The quantitative estimate of drug-likeness (QED) is 0.189. The molecule has 2 aromatic rings. The molecule has 0 bridgehead atoms. The maximum atomic E-state index is 10.1. The Bertz CT molecular complexity index is 858. The van der Waals surface area contributed by atoms with Crippen LogP contribution in [0.1, 0.15) is 33.6 Å². The first-order valence-corrected chi connectivity index (χ1v) is 10.5. The molecule has 10 nitrogen and oxygen atoms in total. The number of nitrogens with one attached hydrogen (secondary N) is 2. The second-order valence-electron chi connectivity index (χ2n) is 7.15. The third kappa shape index (κ3) is 7.34. The van der Waals surface area contributed by atoms with Crippen LogP contribution in [0, 0.1) is 13.8 Å². The predicted octanol–water partition coefficient (Wildman–Crippen LogP) is 0.206. The molecule has 0 fully saturated rings. The van der Waals surface area contributed by atoms with Gasteiger partial charge >= 0.3 is 0 Å². The highest BCUT2D eigenvalue weighted by Gasteiger charge is 2.09. The minimum absolute atomic E-state index is 0.0435. The Kier molecular flexibility index (Phi) is 10.7. The minimum atomic E-state index is -0.206. The number of hydrogen-bond acceptors (Lipinski definition) is 10. The molecule has 0 radical (unpaired) electrons. The molecule has 0 saturated heterocycles. The molecule has 0 aliphatic carbocycles. The molecular formula is C22H32N6O4. The Morgan fingerprint density at radius 2 is 1.16 bits per heavy atom. The van der Waals surface area contributed by atoms with Crippen LogP contribution in [0.4, 0.5) is 0 Å². The Labute approximate surface area is 187 Å². The van der Waals surface area contributed by atoms with Gasteiger partial charge in [-0.15, -0.1) is 0 Å². The highest BCUT2D eigenvalue weighted by molar-refractivity contribution is 5.86. The zero-order valence-electron chi connectivity index (χ0n) is 18.5. The zero-order chi connectivity index (χ0) is 23.3. The second-order valence-corrected chi connectivity index (χ2v) is 7.15. The van der Waals surface area contributed by atoms with E-state index in [4.69, 9.17) is 0 Å². The number of rotatable bonds is 13. The molecule has 0 aromatic carbocycles. The monoisotopic (exact) mass is 444 g/mol. The summed E-state index contributed by atoms with van der Waals surface area (Å²) in [5, 5.41) is 45.4. The van der Waals surface area contributed by atoms with Crippen molar-refractivity contribution in [3.8, 4) is 11.5 Å². The number of aliphatic hydroxyl groups is 2. The van der Waals surface area contributed by atoms with Crippen molar-refractivity contribution in [3.63, 3.8) is 0 Å². The van der Waals surface area contributed by atoms with E-state index in [2.05, 4.69) is 30.6 Å². The van der Waals surface area contributed by atoms with Crippen molar-refractivity contribution >= 4 is 12.4 Å². The second kappa shape index (κ2) is 13.5. The number of aryl methyl sites for hydroxylation is 2. The molecular weight excluding hydrogens is 412 g/mol. The number of aromatic nitrogens is 2. The standard InChI is InChI=1S/C22H32N6O4/c1-15-21(31)19(17(13-29)9-27-15)11-25-7-5-23-3-4-24-6-8-26-12-20-18(14-30)10-28-16(2)22(20)32/h9-12,23-24,29-32H,3-8,13-14H2,1-2H3. The summed E-state index contributed by atoms with van der Waals surface area (Å²) in [6, 6.07) is 0. The summed E-state index contributed by atoms with van der Waals surface area (Å²) in [6.45, 7) is 6.95. The average Bonchev–Trinajstić information content (AvgIpc) is 2.79. The Morgan fingerprint density at radius 1 is 0.750 bits per heavy atom. The summed E-state index contributed by atoms with van der Waals surface area (Å²) in [7, 11) is 0. The largest absolute Gasteiger partial charge is 0.505 e. The van der Waals surface area contributed by atoms with Gasteiger partial charge in [-0.05, 0) is 13.8 Å². The van der Waals surface area contributed by atoms with Crippen LogP contribution in [0.5, 0.6) is 11.5 Å². The lowest BCUT2D eigenvalue weighted by molar-refractivity contribution is 0.280. The van der Waals surface area contributed by atoms with Crippen LogP contribution in [0.2, 0.25) is 0 Å². The van der Waals surface area contributed by atoms with E-state index in [-0.39, 0.29) is 24.7 Å². The van der Waals surface area contributed by atoms with Crippen molar-refractivity contribution in [1.29, 1.82) is 0 Å². The van der Waals surface area contributed by atoms with Gasteiger partial charge in [-0.2, -0.15) is 0 Å². The first-order valence-electron chi connectivity index (χ1n) is 10.5. The number of aliphatic hydroxyl groups excluding tert-OH is 2. The van der Waals surface area contributed by atoms with E-state index in [0.29, 0.717) is 59.8 Å². The first-order chi connectivity index (χ1) is 15.5. The van der Waals surface area contributed by atoms with Gasteiger partial charge in [-0.1, -0.05) is 0 Å². The Hall–Kier alpha value is -2.92. The molecule has 2 heterocycles. The van der Waals surface area contributed by atoms with Gasteiger partial charge in [0.05, 0.1) is 37.7 Å². The lowest BCUT2D eigenvalue weighted by Crippen LogP contribution is -2.30. The van der Waals surface area contributed by atoms with E-state index in [0.717, 1.165) is 13.1 Å². The van der Waals surface area contributed by atoms with Crippen LogP contribution in [0.3, 0.4) is 0 Å². The van der Waals surface area contributed by atoms with Gasteiger partial charge in [0.25, 0.3) is 0 Å². The maximum absolute atomic E-state index is 10.1. The van der Waals surface area contributed by atoms with Gasteiger partial charge in [-0.25, -0.2) is 0 Å². The van der Waals surface area contributed by atoms with Crippen molar-refractivity contribution in [3.05, 3.63) is 46.0 Å². The van der Waals surface area contributed by atoms with E-state index in [1.165, 1.54) is 12.4 Å². The highest BCUT2D eigenvalue weighted by Crippen LogP contribution is 2.22. The molecule has 0 aliphatic rings. The molecule has 6 N–H and O–H groups in total. The van der Waals surface area contributed by atoms with Gasteiger partial charge in [0, 0.05) is 73.3 Å². The predicted molar refractivity (Wildman–Crippen MR) is 124 cm³/mol. The number of aliphatic imine (C=N–C) groups is 2. The summed E-state index contributed by atoms with van der Waals surface area (Å²) in [4.78, 5) is 16.6. The highest BCUT2D eigenvalue weighted by atomic mass is 16.3. The van der Waals surface area contributed by atoms with Crippen LogP contribution < -0.4 is 10.6 Å². The van der Waals surface area contributed by atoms with E-state index in [1.54, 1.807) is 26.3 Å². The molecule has 0 saturated carbocycles. The van der Waals surface area contributed by atoms with Crippen molar-refractivity contribution in [2.75, 3.05) is 39.3 Å². The van der Waals surface area contributed by atoms with E-state index >= 15 is 0 Å². The number of nitrogens with zero attached hydrogens (tertiary/aromatic N) is 4. The summed E-state index contributed by atoms with van der Waals surface area (Å²) >= 11 is 0. The van der Waals surface area contributed by atoms with E-state index in [1.807, 2.05) is 0 Å². The SMILES string of the molecule is Cc1ncc(CO)c(C=NCCNCCNCCN=Cc2c(CO)cnc(C)c2O)c1O. The minimum Gasteiger partial charge on any atom is -0.505 e. The van der Waals surface area contributed by atoms with Gasteiger partial charge in [0.15, 0.2) is 0 Å². The van der Waals surface area contributed by atoms with Crippen molar-refractivity contribution in [2.45, 2.75) is 27.1 Å². The summed E-state index contributed by atoms with van der Waals surface area (Å²) in [5.74, 6) is 0.0870. The summed E-state index contributed by atoms with van der Waals surface area (Å²) in [6.07, 6.45) is 6.21. The smallest absolute Gasteiger partial charge is 0.145 e. The van der Waals surface area contributed by atoms with Gasteiger partial charge in [-0.3, -0.25) is 20.0 Å². The van der Waals surface area contributed by atoms with Gasteiger partial charge < -0.3 is 31.1 Å². The molecule has 0 aliphatic heterocycles. The lowest BCUT2D eigenvalue weighted by Gasteiger charge is -2.07. The Balaban J connectivity index is 1.61. The topological polar surface area (TPSA) is 155 Å². The van der Waals surface area contributed by atoms with Crippen LogP contribution in [0.25, 0.3) is 0 Å². The molecule has 0 atom stereocenters. The molecule has 0 unspecified atom stereocenters. The number of pyridine rings is 2. The Morgan fingerprint density at radius 3 is 1.53 bits per heavy atom. The van der Waals surface area contributed by atoms with Crippen LogP contribution in [0.15, 0.2) is 22.4 Å². The fourth-order valence-electron chi connectivity index (χ4n) is 2.87. The van der Waals surface area contributed by atoms with Crippen LogP contribution >= 0.6 is 0 Å². The summed E-state index contributed by atoms with van der Waals surface area (Å²) in [5.41, 5.74) is 3.08. The van der Waals surface area contributed by atoms with Gasteiger partial charge in [0.2, 0.25) is 0 Å². The fraction of sp³-hybridized carbons (Fsp3) is 0.455. The first kappa shape index (κ1) is 25.3. The molecule has 0 amide bonds. The zero-order valence-corrected chi connectivity index (χ0v) is 18.5. The van der Waals surface area contributed by atoms with Crippen LogP contribution in [-0.4, -0.2) is 82.1 Å². The van der Waals surface area contributed by atoms with E-state index in [9.17, 15) is 20.4 Å². The van der Waals surface area contributed by atoms with E-state index < -0.39 is 0 Å². The van der Waals surface area contributed by atoms with Crippen molar-refractivity contribution in [1.82, 2.24) is 20.6 Å². The number of hydrogen-bond donors (Lipinski definition) is 6. The number of aromatic hydroxyl groups is 2. The molecule has 2 aromatic heterocycles. The maximum Gasteiger partial charge on any atom is 0.145 e. The molecule has 0 spiro atoms. The third-order valence-electron chi connectivity index (χ3n) is 4.81. The average molecular weight is 445 g/mol. The van der Waals surface area contributed by atoms with Gasteiger partial charge in [0.1, 0.15) is 11.5 Å². The normalized spacial score (nSPS) is 11.8. The third-order valence-corrected chi connectivity index (χ3v) is 4.81. The molecule has 10 heteroatoms. The fourth-order valence-corrected chi connectivity index (χ4v) is 2.87. The molecule has 174 valence electrons. The molecule has 32 heavy (non-hydrogen) atoms. The lowest BCUT2D eigenvalue weighted by atomic mass is 10.1. The van der Waals surface area contributed by atoms with Crippen molar-refractivity contribution in [2.24, 2.45) is 9.98 Å². The van der Waals surface area contributed by atoms with Crippen LogP contribution in [-0.2, 0) is 13.2 Å².